The Hall–Kier alpha value is -2.60. The number of aliphatic hydroxyl groups is 4. The van der Waals surface area contributed by atoms with Crippen LogP contribution < -0.4 is 0 Å². The molecule has 0 amide bonds. The van der Waals surface area contributed by atoms with Gasteiger partial charge in [0.2, 0.25) is 0 Å². The molecule has 6 unspecified atom stereocenters. The highest BCUT2D eigenvalue weighted by atomic mass is 16.7. The van der Waals surface area contributed by atoms with E-state index in [9.17, 15) is 30.0 Å². The van der Waals surface area contributed by atoms with Crippen molar-refractivity contribution in [3.05, 3.63) is 60.8 Å². The Kier molecular flexibility index (Phi) is 36.5. The largest absolute Gasteiger partial charge is 0.462 e. The van der Waals surface area contributed by atoms with Gasteiger partial charge in [0, 0.05) is 12.8 Å². The SMILES string of the molecule is CC/C=C\C/C=C\C/C=C\C/C=C\CCC(=O)OC(COC(=O)CCCCCCCCCCC/C=C\CCCCCCCCCC)COC1OC(CO)C(O)C(O)C1O. The molecule has 1 heterocycles. The number of hydrogen-bond acceptors (Lipinski definition) is 10. The minimum Gasteiger partial charge on any atom is -0.462 e. The van der Waals surface area contributed by atoms with E-state index >= 15 is 0 Å². The molecule has 0 saturated carbocycles. The molecule has 4 N–H and O–H groups in total. The average Bonchev–Trinajstić information content (AvgIpc) is 3.23. The summed E-state index contributed by atoms with van der Waals surface area (Å²) in [4.78, 5) is 25.3. The van der Waals surface area contributed by atoms with Crippen molar-refractivity contribution in [3.63, 3.8) is 0 Å². The first-order chi connectivity index (χ1) is 28.8. The van der Waals surface area contributed by atoms with Crippen molar-refractivity contribution in [1.82, 2.24) is 0 Å². The first-order valence-electron chi connectivity index (χ1n) is 23.4. The van der Waals surface area contributed by atoms with Crippen molar-refractivity contribution in [2.45, 2.75) is 218 Å². The molecule has 0 spiro atoms. The van der Waals surface area contributed by atoms with Crippen LogP contribution in [0.1, 0.15) is 181 Å². The van der Waals surface area contributed by atoms with Gasteiger partial charge in [-0.1, -0.05) is 164 Å². The Bertz CT molecular complexity index is 1150. The molecule has 340 valence electrons. The fraction of sp³-hybridized carbons (Fsp3) is 0.755. The number of allylic oxidation sites excluding steroid dienone is 10. The van der Waals surface area contributed by atoms with E-state index in [0.29, 0.717) is 12.8 Å². The van der Waals surface area contributed by atoms with Gasteiger partial charge < -0.3 is 39.4 Å². The molecule has 6 atom stereocenters. The third-order valence-corrected chi connectivity index (χ3v) is 10.4. The van der Waals surface area contributed by atoms with Crippen molar-refractivity contribution in [2.24, 2.45) is 0 Å². The van der Waals surface area contributed by atoms with Crippen LogP contribution >= 0.6 is 0 Å². The van der Waals surface area contributed by atoms with Gasteiger partial charge in [0.1, 0.15) is 31.0 Å². The third kappa shape index (κ3) is 31.0. The standard InChI is InChI=1S/C49H84O10/c1-3-5-7-9-11-13-15-17-18-19-20-21-22-23-24-26-27-29-31-33-35-37-44(51)56-40-42(41-57-49-48(55)47(54)46(53)43(39-50)59-49)58-45(52)38-36-34-32-30-28-25-16-14-12-10-8-6-4-2/h6,8,12,14,19-20,25,28,32,34,42-43,46-50,53-55H,3-5,7,9-11,13,15-18,21-24,26-27,29-31,33,35-41H2,1-2H3/b8-6-,14-12-,20-19-,28-25-,34-32-. The van der Waals surface area contributed by atoms with Crippen molar-refractivity contribution < 1.29 is 49.0 Å². The maximum atomic E-state index is 12.7. The Labute approximate surface area is 358 Å². The number of ether oxygens (including phenoxy) is 4. The fourth-order valence-electron chi connectivity index (χ4n) is 6.73. The summed E-state index contributed by atoms with van der Waals surface area (Å²) in [7, 11) is 0. The molecule has 1 aliphatic rings. The molecule has 0 aromatic heterocycles. The van der Waals surface area contributed by atoms with Crippen LogP contribution in [-0.2, 0) is 28.5 Å². The summed E-state index contributed by atoms with van der Waals surface area (Å²) < 4.78 is 22.1. The van der Waals surface area contributed by atoms with Crippen LogP contribution in [0.3, 0.4) is 0 Å². The summed E-state index contributed by atoms with van der Waals surface area (Å²) in [6, 6.07) is 0. The number of aliphatic hydroxyl groups excluding tert-OH is 4. The van der Waals surface area contributed by atoms with E-state index in [4.69, 9.17) is 18.9 Å². The topological polar surface area (TPSA) is 152 Å². The van der Waals surface area contributed by atoms with Crippen LogP contribution in [0, 0.1) is 0 Å². The molecule has 0 aliphatic carbocycles. The summed E-state index contributed by atoms with van der Waals surface area (Å²) in [5.74, 6) is -0.905. The highest BCUT2D eigenvalue weighted by molar-refractivity contribution is 5.70. The highest BCUT2D eigenvalue weighted by Gasteiger charge is 2.44. The lowest BCUT2D eigenvalue weighted by atomic mass is 9.99. The van der Waals surface area contributed by atoms with Gasteiger partial charge in [-0.15, -0.1) is 0 Å². The van der Waals surface area contributed by atoms with E-state index < -0.39 is 55.4 Å². The van der Waals surface area contributed by atoms with E-state index in [2.05, 4.69) is 62.5 Å². The van der Waals surface area contributed by atoms with Crippen molar-refractivity contribution in [1.29, 1.82) is 0 Å². The first kappa shape index (κ1) is 54.4. The maximum Gasteiger partial charge on any atom is 0.306 e. The van der Waals surface area contributed by atoms with Crippen molar-refractivity contribution >= 4 is 11.9 Å². The third-order valence-electron chi connectivity index (χ3n) is 10.4. The minimum absolute atomic E-state index is 0.107. The molecule has 1 fully saturated rings. The van der Waals surface area contributed by atoms with Crippen molar-refractivity contribution in [2.75, 3.05) is 19.8 Å². The summed E-state index contributed by atoms with van der Waals surface area (Å²) in [5, 5.41) is 40.1. The summed E-state index contributed by atoms with van der Waals surface area (Å²) in [6.07, 6.45) is 41.1. The van der Waals surface area contributed by atoms with Crippen LogP contribution in [0.15, 0.2) is 60.8 Å². The van der Waals surface area contributed by atoms with Crippen LogP contribution in [0.25, 0.3) is 0 Å². The zero-order valence-corrected chi connectivity index (χ0v) is 37.0. The number of esters is 2. The summed E-state index contributed by atoms with van der Waals surface area (Å²) in [6.45, 7) is 3.23. The molecule has 0 radical (unpaired) electrons. The lowest BCUT2D eigenvalue weighted by Gasteiger charge is -2.39. The first-order valence-corrected chi connectivity index (χ1v) is 23.4. The van der Waals surface area contributed by atoms with Gasteiger partial charge in [-0.3, -0.25) is 9.59 Å². The second-order valence-corrected chi connectivity index (χ2v) is 15.8. The molecule has 0 aromatic rings. The van der Waals surface area contributed by atoms with Gasteiger partial charge in [0.05, 0.1) is 13.2 Å². The molecule has 10 nitrogen and oxygen atoms in total. The summed E-state index contributed by atoms with van der Waals surface area (Å²) >= 11 is 0. The van der Waals surface area contributed by atoms with Gasteiger partial charge in [0.25, 0.3) is 0 Å². The van der Waals surface area contributed by atoms with E-state index in [1.807, 2.05) is 12.2 Å². The van der Waals surface area contributed by atoms with Crippen molar-refractivity contribution in [3.8, 4) is 0 Å². The second-order valence-electron chi connectivity index (χ2n) is 15.8. The Morgan fingerprint density at radius 1 is 0.542 bits per heavy atom. The zero-order valence-electron chi connectivity index (χ0n) is 37.0. The lowest BCUT2D eigenvalue weighted by Crippen LogP contribution is -2.59. The molecule has 1 rings (SSSR count). The minimum atomic E-state index is -1.61. The lowest BCUT2D eigenvalue weighted by molar-refractivity contribution is -0.305. The molecule has 1 aliphatic heterocycles. The predicted octanol–water partition coefficient (Wildman–Crippen LogP) is 10.2. The Morgan fingerprint density at radius 3 is 1.58 bits per heavy atom. The quantitative estimate of drug-likeness (QED) is 0.0269. The Balaban J connectivity index is 2.31. The van der Waals surface area contributed by atoms with Crippen LogP contribution in [0.5, 0.6) is 0 Å². The van der Waals surface area contributed by atoms with E-state index in [-0.39, 0.29) is 26.1 Å². The Morgan fingerprint density at radius 2 is 1.03 bits per heavy atom. The number of carbonyl (C=O) groups is 2. The zero-order chi connectivity index (χ0) is 43.0. The second kappa shape index (κ2) is 39.5. The normalized spacial score (nSPS) is 20.5. The highest BCUT2D eigenvalue weighted by Crippen LogP contribution is 2.22. The molecule has 10 heteroatoms. The van der Waals surface area contributed by atoms with Crippen LogP contribution in [0.2, 0.25) is 0 Å². The predicted molar refractivity (Wildman–Crippen MR) is 238 cm³/mol. The molecule has 59 heavy (non-hydrogen) atoms. The van der Waals surface area contributed by atoms with E-state index in [1.165, 1.54) is 96.3 Å². The average molecular weight is 833 g/mol. The van der Waals surface area contributed by atoms with Crippen LogP contribution in [0.4, 0.5) is 0 Å². The maximum absolute atomic E-state index is 12.7. The van der Waals surface area contributed by atoms with E-state index in [0.717, 1.165) is 44.9 Å². The van der Waals surface area contributed by atoms with Gasteiger partial charge in [-0.2, -0.15) is 0 Å². The number of hydrogen-bond donors (Lipinski definition) is 4. The van der Waals surface area contributed by atoms with Gasteiger partial charge >= 0.3 is 11.9 Å². The van der Waals surface area contributed by atoms with Gasteiger partial charge in [-0.05, 0) is 64.2 Å². The number of rotatable bonds is 38. The summed E-state index contributed by atoms with van der Waals surface area (Å²) in [5.41, 5.74) is 0. The molecular weight excluding hydrogens is 749 g/mol. The van der Waals surface area contributed by atoms with Gasteiger partial charge in [-0.25, -0.2) is 0 Å². The van der Waals surface area contributed by atoms with E-state index in [1.54, 1.807) is 0 Å². The van der Waals surface area contributed by atoms with Crippen LogP contribution in [-0.4, -0.2) is 89.0 Å². The number of unbranched alkanes of at least 4 members (excludes halogenated alkanes) is 17. The molecule has 0 aromatic carbocycles. The molecule has 1 saturated heterocycles. The fourth-order valence-corrected chi connectivity index (χ4v) is 6.73. The molecule has 0 bridgehead atoms. The smallest absolute Gasteiger partial charge is 0.306 e. The van der Waals surface area contributed by atoms with Gasteiger partial charge in [0.15, 0.2) is 12.4 Å². The number of carbonyl (C=O) groups excluding carboxylic acids is 2. The molecular formula is C49H84O10. The monoisotopic (exact) mass is 833 g/mol.